The Hall–Kier alpha value is -1.79. The molecular formula is C19H11BrCl2N2OS. The molecule has 1 N–H and O–H groups in total. The van der Waals surface area contributed by atoms with Crippen LogP contribution in [0.5, 0.6) is 0 Å². The molecule has 3 nitrogen and oxygen atoms in total. The summed E-state index contributed by atoms with van der Waals surface area (Å²) in [5.74, 6) is 1.33. The number of aromatic nitrogens is 1. The molecule has 0 unspecified atom stereocenters. The number of anilines is 2. The fourth-order valence-corrected chi connectivity index (χ4v) is 3.77. The molecule has 2 aromatic heterocycles. The van der Waals surface area contributed by atoms with Gasteiger partial charge in [-0.05, 0) is 54.6 Å². The van der Waals surface area contributed by atoms with Crippen molar-refractivity contribution in [2.45, 2.75) is 0 Å². The molecule has 4 rings (SSSR count). The standard InChI is InChI=1S/C19H11BrCl2N2OS/c20-11-1-4-13(5-2-11)23-19-24-16(10-26-19)18-8-7-17(25-18)14-9-12(21)3-6-15(14)22/h1-10H,(H,23,24). The molecule has 2 heterocycles. The lowest BCUT2D eigenvalue weighted by molar-refractivity contribution is 0.595. The Bertz CT molecular complexity index is 1060. The lowest BCUT2D eigenvalue weighted by atomic mass is 10.2. The molecule has 4 aromatic rings. The van der Waals surface area contributed by atoms with Crippen LogP contribution in [0.25, 0.3) is 22.8 Å². The first-order valence-electron chi connectivity index (χ1n) is 7.62. The quantitative estimate of drug-likeness (QED) is 0.333. The Balaban J connectivity index is 1.57. The van der Waals surface area contributed by atoms with Crippen molar-refractivity contribution in [1.82, 2.24) is 4.98 Å². The minimum absolute atomic E-state index is 0.589. The summed E-state index contributed by atoms with van der Waals surface area (Å²) in [6.07, 6.45) is 0. The molecule has 0 aliphatic rings. The fourth-order valence-electron chi connectivity index (χ4n) is 2.41. The zero-order valence-corrected chi connectivity index (χ0v) is 17.1. The molecular weight excluding hydrogens is 455 g/mol. The lowest BCUT2D eigenvalue weighted by Crippen LogP contribution is -1.88. The van der Waals surface area contributed by atoms with Crippen molar-refractivity contribution in [3.05, 3.63) is 74.5 Å². The largest absolute Gasteiger partial charge is 0.454 e. The molecule has 0 amide bonds. The van der Waals surface area contributed by atoms with E-state index >= 15 is 0 Å². The van der Waals surface area contributed by atoms with Gasteiger partial charge < -0.3 is 9.73 Å². The normalized spacial score (nSPS) is 10.9. The average molecular weight is 466 g/mol. The van der Waals surface area contributed by atoms with Gasteiger partial charge in [-0.1, -0.05) is 39.1 Å². The Morgan fingerprint density at radius 3 is 2.54 bits per heavy atom. The fraction of sp³-hybridized carbons (Fsp3) is 0. The number of nitrogens with zero attached hydrogens (tertiary/aromatic N) is 1. The zero-order chi connectivity index (χ0) is 18.1. The van der Waals surface area contributed by atoms with Gasteiger partial charge in [-0.15, -0.1) is 11.3 Å². The number of hydrogen-bond donors (Lipinski definition) is 1. The van der Waals surface area contributed by atoms with Crippen molar-refractivity contribution in [1.29, 1.82) is 0 Å². The highest BCUT2D eigenvalue weighted by Gasteiger charge is 2.13. The number of nitrogens with one attached hydrogen (secondary N) is 1. The van der Waals surface area contributed by atoms with Crippen molar-refractivity contribution in [2.75, 3.05) is 5.32 Å². The highest BCUT2D eigenvalue weighted by molar-refractivity contribution is 9.10. The van der Waals surface area contributed by atoms with E-state index in [4.69, 9.17) is 27.6 Å². The first-order valence-corrected chi connectivity index (χ1v) is 10.0. The van der Waals surface area contributed by atoms with E-state index in [1.165, 1.54) is 11.3 Å². The van der Waals surface area contributed by atoms with Crippen LogP contribution in [0.1, 0.15) is 0 Å². The molecule has 0 saturated heterocycles. The summed E-state index contributed by atoms with van der Waals surface area (Å²) < 4.78 is 6.97. The smallest absolute Gasteiger partial charge is 0.187 e. The van der Waals surface area contributed by atoms with Crippen molar-refractivity contribution >= 4 is 61.3 Å². The number of thiazole rings is 1. The van der Waals surface area contributed by atoms with Crippen LogP contribution in [0.4, 0.5) is 10.8 Å². The number of rotatable bonds is 4. The van der Waals surface area contributed by atoms with E-state index in [1.54, 1.807) is 18.2 Å². The molecule has 0 fully saturated rings. The third kappa shape index (κ3) is 3.81. The molecule has 2 aromatic carbocycles. The van der Waals surface area contributed by atoms with Crippen LogP contribution >= 0.6 is 50.5 Å². The molecule has 130 valence electrons. The van der Waals surface area contributed by atoms with Crippen LogP contribution in [0.2, 0.25) is 10.0 Å². The van der Waals surface area contributed by atoms with Gasteiger partial charge in [0.2, 0.25) is 0 Å². The number of furan rings is 1. The van der Waals surface area contributed by atoms with E-state index in [2.05, 4.69) is 26.2 Å². The van der Waals surface area contributed by atoms with E-state index in [0.29, 0.717) is 21.6 Å². The summed E-state index contributed by atoms with van der Waals surface area (Å²) in [6, 6.07) is 17.0. The molecule has 0 saturated carbocycles. The Morgan fingerprint density at radius 1 is 0.962 bits per heavy atom. The van der Waals surface area contributed by atoms with Crippen molar-refractivity contribution in [2.24, 2.45) is 0 Å². The van der Waals surface area contributed by atoms with E-state index < -0.39 is 0 Å². The van der Waals surface area contributed by atoms with Gasteiger partial charge in [0.25, 0.3) is 0 Å². The Morgan fingerprint density at radius 2 is 1.73 bits per heavy atom. The van der Waals surface area contributed by atoms with Gasteiger partial charge in [0.1, 0.15) is 11.5 Å². The van der Waals surface area contributed by atoms with Crippen LogP contribution in [0.15, 0.2) is 68.9 Å². The Labute approximate surface area is 172 Å². The highest BCUT2D eigenvalue weighted by atomic mass is 79.9. The van der Waals surface area contributed by atoms with Crippen molar-refractivity contribution in [3.63, 3.8) is 0 Å². The zero-order valence-electron chi connectivity index (χ0n) is 13.2. The summed E-state index contributed by atoms with van der Waals surface area (Å²) in [4.78, 5) is 4.59. The van der Waals surface area contributed by atoms with Crippen LogP contribution in [0, 0.1) is 0 Å². The monoisotopic (exact) mass is 464 g/mol. The van der Waals surface area contributed by atoms with Crippen LogP contribution in [-0.2, 0) is 0 Å². The van der Waals surface area contributed by atoms with Gasteiger partial charge in [0.15, 0.2) is 10.9 Å². The summed E-state index contributed by atoms with van der Waals surface area (Å²) in [5.41, 5.74) is 2.49. The lowest BCUT2D eigenvalue weighted by Gasteiger charge is -2.02. The maximum Gasteiger partial charge on any atom is 0.187 e. The van der Waals surface area contributed by atoms with E-state index in [9.17, 15) is 0 Å². The minimum Gasteiger partial charge on any atom is -0.454 e. The van der Waals surface area contributed by atoms with E-state index in [-0.39, 0.29) is 0 Å². The topological polar surface area (TPSA) is 38.1 Å². The summed E-state index contributed by atoms with van der Waals surface area (Å²) in [6.45, 7) is 0. The molecule has 0 radical (unpaired) electrons. The second kappa shape index (κ2) is 7.45. The Kier molecular flexibility index (Phi) is 5.05. The second-order valence-corrected chi connectivity index (χ2v) is 8.08. The highest BCUT2D eigenvalue weighted by Crippen LogP contribution is 2.35. The molecule has 0 aliphatic carbocycles. The summed E-state index contributed by atoms with van der Waals surface area (Å²) >= 11 is 17.2. The van der Waals surface area contributed by atoms with Crippen molar-refractivity contribution < 1.29 is 4.42 Å². The van der Waals surface area contributed by atoms with Crippen LogP contribution in [-0.4, -0.2) is 4.98 Å². The van der Waals surface area contributed by atoms with Crippen LogP contribution in [0.3, 0.4) is 0 Å². The van der Waals surface area contributed by atoms with E-state index in [0.717, 1.165) is 26.5 Å². The van der Waals surface area contributed by atoms with Gasteiger partial charge in [0, 0.05) is 26.1 Å². The second-order valence-electron chi connectivity index (χ2n) is 5.46. The SMILES string of the molecule is Clc1ccc(Cl)c(-c2ccc(-c3csc(Nc4ccc(Br)cc4)n3)o2)c1. The van der Waals surface area contributed by atoms with Crippen molar-refractivity contribution in [3.8, 4) is 22.8 Å². The minimum atomic E-state index is 0.589. The third-order valence-electron chi connectivity index (χ3n) is 3.65. The molecule has 0 atom stereocenters. The average Bonchev–Trinajstić information content (AvgIpc) is 3.28. The first-order chi connectivity index (χ1) is 12.6. The van der Waals surface area contributed by atoms with Gasteiger partial charge in [0.05, 0.1) is 5.02 Å². The number of halogens is 3. The first kappa shape index (κ1) is 17.6. The molecule has 0 spiro atoms. The number of benzene rings is 2. The summed E-state index contributed by atoms with van der Waals surface area (Å²) in [7, 11) is 0. The maximum atomic E-state index is 6.25. The molecule has 0 aliphatic heterocycles. The predicted molar refractivity (Wildman–Crippen MR) is 113 cm³/mol. The van der Waals surface area contributed by atoms with Gasteiger partial charge in [-0.3, -0.25) is 0 Å². The number of hydrogen-bond acceptors (Lipinski definition) is 4. The van der Waals surface area contributed by atoms with Gasteiger partial charge >= 0.3 is 0 Å². The maximum absolute atomic E-state index is 6.25. The van der Waals surface area contributed by atoms with Gasteiger partial charge in [-0.25, -0.2) is 4.98 Å². The van der Waals surface area contributed by atoms with Crippen LogP contribution < -0.4 is 5.32 Å². The molecule has 0 bridgehead atoms. The predicted octanol–water partition coefficient (Wildman–Crippen LogP) is 7.88. The van der Waals surface area contributed by atoms with E-state index in [1.807, 2.05) is 41.8 Å². The third-order valence-corrected chi connectivity index (χ3v) is 5.50. The molecule has 7 heteroatoms. The summed E-state index contributed by atoms with van der Waals surface area (Å²) in [5, 5.41) is 7.22. The molecule has 26 heavy (non-hydrogen) atoms. The van der Waals surface area contributed by atoms with Gasteiger partial charge in [-0.2, -0.15) is 0 Å².